The number of amides is 2. The Morgan fingerprint density at radius 3 is 2.60 bits per heavy atom. The molecule has 2 fully saturated rings. The highest BCUT2D eigenvalue weighted by Crippen LogP contribution is 2.38. The molecule has 3 aliphatic heterocycles. The van der Waals surface area contributed by atoms with Crippen LogP contribution in [0.2, 0.25) is 0 Å². The molecular formula is C28H34N4O2S. The van der Waals surface area contributed by atoms with Crippen molar-refractivity contribution in [1.29, 1.82) is 0 Å². The molecule has 3 aliphatic rings. The zero-order valence-corrected chi connectivity index (χ0v) is 21.2. The maximum absolute atomic E-state index is 13.0. The molecule has 2 amide bonds. The van der Waals surface area contributed by atoms with E-state index in [9.17, 15) is 9.59 Å². The van der Waals surface area contributed by atoms with E-state index in [1.807, 2.05) is 0 Å². The number of hydrogen-bond donors (Lipinski definition) is 3. The molecule has 0 aliphatic carbocycles. The summed E-state index contributed by atoms with van der Waals surface area (Å²) in [5, 5.41) is 11.9. The fourth-order valence-corrected chi connectivity index (χ4v) is 6.30. The van der Waals surface area contributed by atoms with Crippen LogP contribution >= 0.6 is 11.8 Å². The summed E-state index contributed by atoms with van der Waals surface area (Å²) >= 11 is 1.58. The first kappa shape index (κ1) is 24.1. The third-order valence-electron chi connectivity index (χ3n) is 7.33. The molecular weight excluding hydrogens is 456 g/mol. The molecule has 3 N–H and O–H groups in total. The summed E-state index contributed by atoms with van der Waals surface area (Å²) < 4.78 is 0. The first-order valence-electron chi connectivity index (χ1n) is 12.6. The summed E-state index contributed by atoms with van der Waals surface area (Å²) in [7, 11) is 0. The molecule has 0 spiro atoms. The second-order valence-corrected chi connectivity index (χ2v) is 10.8. The maximum Gasteiger partial charge on any atom is 0.237 e. The molecule has 4 atom stereocenters. The molecule has 2 saturated heterocycles. The van der Waals surface area contributed by atoms with Gasteiger partial charge in [-0.05, 0) is 53.9 Å². The normalized spacial score (nSPS) is 26.6. The van der Waals surface area contributed by atoms with E-state index in [1.54, 1.807) is 11.8 Å². The lowest BCUT2D eigenvalue weighted by Crippen LogP contribution is -2.69. The van der Waals surface area contributed by atoms with Crippen LogP contribution in [0.15, 0.2) is 53.9 Å². The number of carbonyl (C=O) groups is 2. The van der Waals surface area contributed by atoms with Gasteiger partial charge >= 0.3 is 0 Å². The van der Waals surface area contributed by atoms with Crippen molar-refractivity contribution in [3.05, 3.63) is 76.2 Å². The number of fused-ring (bicyclic) bond motifs is 1. The third-order valence-corrected chi connectivity index (χ3v) is 8.50. The summed E-state index contributed by atoms with van der Waals surface area (Å²) in [6.45, 7) is 6.25. The highest BCUT2D eigenvalue weighted by atomic mass is 32.2. The van der Waals surface area contributed by atoms with Crippen molar-refractivity contribution in [2.24, 2.45) is 5.92 Å². The Balaban J connectivity index is 1.21. The average Bonchev–Trinajstić information content (AvgIpc) is 3.33. The van der Waals surface area contributed by atoms with Gasteiger partial charge in [-0.1, -0.05) is 61.0 Å². The summed E-state index contributed by atoms with van der Waals surface area (Å²) in [5.41, 5.74) is 5.96. The molecule has 4 unspecified atom stereocenters. The van der Waals surface area contributed by atoms with Crippen LogP contribution in [0.5, 0.6) is 0 Å². The van der Waals surface area contributed by atoms with Crippen molar-refractivity contribution in [3.8, 4) is 0 Å². The number of benzene rings is 2. The van der Waals surface area contributed by atoms with Crippen LogP contribution in [0.4, 0.5) is 0 Å². The van der Waals surface area contributed by atoms with Crippen LogP contribution in [0.25, 0.3) is 5.57 Å². The van der Waals surface area contributed by atoms with Crippen LogP contribution in [0, 0.1) is 12.8 Å². The molecule has 3 heterocycles. The van der Waals surface area contributed by atoms with Crippen molar-refractivity contribution in [2.45, 2.75) is 57.2 Å². The standard InChI is InChI=1S/C28H34N4O2S/c1-3-19-8-10-20(11-9-19)15-29-26(33)22-5-4-14-32(16-22)28-30-24-23(17-35-25(24)27(34)31-28)21-12-6-18(2)7-13-21/h6-13,17,22,24-25,28,30H,3-5,14-16H2,1-2H3,(H,29,33)(H,31,34). The van der Waals surface area contributed by atoms with Crippen LogP contribution in [-0.2, 0) is 22.6 Å². The van der Waals surface area contributed by atoms with Crippen molar-refractivity contribution < 1.29 is 9.59 Å². The van der Waals surface area contributed by atoms with E-state index in [0.717, 1.165) is 36.9 Å². The fraction of sp³-hybridized carbons (Fsp3) is 0.429. The highest BCUT2D eigenvalue weighted by molar-refractivity contribution is 8.04. The van der Waals surface area contributed by atoms with Gasteiger partial charge in [-0.15, -0.1) is 11.8 Å². The molecule has 0 saturated carbocycles. The van der Waals surface area contributed by atoms with Gasteiger partial charge in [0.05, 0.1) is 12.0 Å². The smallest absolute Gasteiger partial charge is 0.237 e. The lowest BCUT2D eigenvalue weighted by Gasteiger charge is -2.43. The Morgan fingerprint density at radius 1 is 1.11 bits per heavy atom. The number of rotatable bonds is 6. The molecule has 0 bridgehead atoms. The number of likely N-dealkylation sites (tertiary alicyclic amines) is 1. The van der Waals surface area contributed by atoms with Crippen LogP contribution in [-0.4, -0.2) is 47.4 Å². The molecule has 2 aromatic rings. The van der Waals surface area contributed by atoms with E-state index in [0.29, 0.717) is 13.1 Å². The molecule has 0 aromatic heterocycles. The minimum atomic E-state index is -0.270. The topological polar surface area (TPSA) is 73.5 Å². The number of nitrogens with zero attached hydrogens (tertiary/aromatic N) is 1. The Morgan fingerprint density at radius 2 is 1.86 bits per heavy atom. The van der Waals surface area contributed by atoms with Gasteiger partial charge in [-0.3, -0.25) is 19.8 Å². The van der Waals surface area contributed by atoms with E-state index >= 15 is 0 Å². The minimum Gasteiger partial charge on any atom is -0.352 e. The lowest BCUT2D eigenvalue weighted by molar-refractivity contribution is -0.129. The summed E-state index contributed by atoms with van der Waals surface area (Å²) in [4.78, 5) is 28.2. The number of hydrogen-bond acceptors (Lipinski definition) is 5. The van der Waals surface area contributed by atoms with E-state index in [1.165, 1.54) is 16.7 Å². The number of nitrogens with one attached hydrogen (secondary N) is 3. The first-order chi connectivity index (χ1) is 17.0. The number of piperidine rings is 1. The molecule has 184 valence electrons. The zero-order chi connectivity index (χ0) is 24.4. The minimum absolute atomic E-state index is 0.0400. The predicted molar refractivity (Wildman–Crippen MR) is 141 cm³/mol. The van der Waals surface area contributed by atoms with Gasteiger partial charge in [0.1, 0.15) is 11.5 Å². The van der Waals surface area contributed by atoms with Crippen molar-refractivity contribution in [1.82, 2.24) is 20.9 Å². The van der Waals surface area contributed by atoms with Crippen LogP contribution < -0.4 is 16.0 Å². The van der Waals surface area contributed by atoms with Gasteiger partial charge in [-0.2, -0.15) is 0 Å². The van der Waals surface area contributed by atoms with E-state index in [4.69, 9.17) is 0 Å². The van der Waals surface area contributed by atoms with Crippen molar-refractivity contribution in [3.63, 3.8) is 0 Å². The van der Waals surface area contributed by atoms with Gasteiger partial charge in [0.2, 0.25) is 11.8 Å². The second-order valence-electron chi connectivity index (χ2n) is 9.77. The number of aryl methyl sites for hydroxylation is 2. The molecule has 35 heavy (non-hydrogen) atoms. The Labute approximate surface area is 211 Å². The summed E-state index contributed by atoms with van der Waals surface area (Å²) in [5.74, 6) is 0.0651. The van der Waals surface area contributed by atoms with Gasteiger partial charge in [0, 0.05) is 19.6 Å². The van der Waals surface area contributed by atoms with Gasteiger partial charge < -0.3 is 10.6 Å². The van der Waals surface area contributed by atoms with Crippen molar-refractivity contribution in [2.75, 3.05) is 13.1 Å². The quantitative estimate of drug-likeness (QED) is 0.579. The monoisotopic (exact) mass is 490 g/mol. The summed E-state index contributed by atoms with van der Waals surface area (Å²) in [6, 6.07) is 16.9. The van der Waals surface area contributed by atoms with Crippen LogP contribution in [0.3, 0.4) is 0 Å². The number of carbonyl (C=O) groups excluding carboxylic acids is 2. The third kappa shape index (κ3) is 5.32. The van der Waals surface area contributed by atoms with E-state index < -0.39 is 0 Å². The Bertz CT molecular complexity index is 1100. The number of thioether (sulfide) groups is 1. The van der Waals surface area contributed by atoms with E-state index in [-0.39, 0.29) is 35.3 Å². The van der Waals surface area contributed by atoms with Gasteiger partial charge in [0.15, 0.2) is 0 Å². The van der Waals surface area contributed by atoms with Gasteiger partial charge in [-0.25, -0.2) is 0 Å². The molecule has 7 heteroatoms. The Kier molecular flexibility index (Phi) is 7.27. The van der Waals surface area contributed by atoms with Gasteiger partial charge in [0.25, 0.3) is 0 Å². The van der Waals surface area contributed by atoms with E-state index in [2.05, 4.69) is 88.6 Å². The fourth-order valence-electron chi connectivity index (χ4n) is 5.15. The van der Waals surface area contributed by atoms with Crippen molar-refractivity contribution >= 4 is 29.1 Å². The maximum atomic E-state index is 13.0. The van der Waals surface area contributed by atoms with Crippen LogP contribution in [0.1, 0.15) is 42.0 Å². The first-order valence-corrected chi connectivity index (χ1v) is 13.5. The molecule has 6 nitrogen and oxygen atoms in total. The zero-order valence-electron chi connectivity index (χ0n) is 20.4. The second kappa shape index (κ2) is 10.6. The molecule has 5 rings (SSSR count). The largest absolute Gasteiger partial charge is 0.352 e. The average molecular weight is 491 g/mol. The predicted octanol–water partition coefficient (Wildman–Crippen LogP) is 3.41. The SMILES string of the molecule is CCc1ccc(CNC(=O)C2CCCN(C3NC(=O)C4SC=C(c5ccc(C)cc5)C4N3)C2)cc1. The lowest BCUT2D eigenvalue weighted by atomic mass is 9.94. The Hall–Kier alpha value is -2.61. The molecule has 2 aromatic carbocycles. The summed E-state index contributed by atoms with van der Waals surface area (Å²) in [6.07, 6.45) is 2.54. The highest BCUT2D eigenvalue weighted by Gasteiger charge is 2.44. The molecule has 0 radical (unpaired) electrons.